The summed E-state index contributed by atoms with van der Waals surface area (Å²) < 4.78 is 93.3. The van der Waals surface area contributed by atoms with Crippen molar-refractivity contribution in [3.05, 3.63) is 77.9 Å². The topological polar surface area (TPSA) is 115 Å². The van der Waals surface area contributed by atoms with Crippen molar-refractivity contribution in [2.24, 2.45) is 5.41 Å². The van der Waals surface area contributed by atoms with Gasteiger partial charge in [-0.05, 0) is 73.9 Å². The number of rotatable bonds is 8. The summed E-state index contributed by atoms with van der Waals surface area (Å²) in [6.45, 7) is 4.87. The van der Waals surface area contributed by atoms with Crippen molar-refractivity contribution in [3.63, 3.8) is 0 Å². The fourth-order valence-electron chi connectivity index (χ4n) is 6.40. The molecule has 49 heavy (non-hydrogen) atoms. The maximum atomic E-state index is 14.8. The van der Waals surface area contributed by atoms with Crippen molar-refractivity contribution in [1.82, 2.24) is 25.1 Å². The molecule has 2 aliphatic heterocycles. The van der Waals surface area contributed by atoms with E-state index in [0.717, 1.165) is 12.1 Å². The van der Waals surface area contributed by atoms with Crippen molar-refractivity contribution in [2.75, 3.05) is 24.5 Å². The summed E-state index contributed by atoms with van der Waals surface area (Å²) in [5, 5.41) is 16.8. The van der Waals surface area contributed by atoms with E-state index in [1.807, 2.05) is 4.90 Å². The number of carboxylic acids is 1. The van der Waals surface area contributed by atoms with Gasteiger partial charge in [0.25, 0.3) is 0 Å². The standard InChI is InChI=1S/C33H32F6N6O4/c1-19-9-12-45(43-19)26-15-22(21-3-6-23(7-4-21)49-33(37,38)39)5-8-24(26)29(32(34,35)36)48-28-16-27(41-20(2)42-28)44-13-10-31(11-14-44)17-25(30(46)47)40-18-31/h3-9,12,15-16,25,29,40H,10-11,13-14,17-18H2,1-2H3,(H,46,47)/t25-,29+/m0/s1. The summed E-state index contributed by atoms with van der Waals surface area (Å²) in [6, 6.07) is 11.5. The molecule has 0 amide bonds. The van der Waals surface area contributed by atoms with Gasteiger partial charge in [-0.1, -0.05) is 24.3 Å². The summed E-state index contributed by atoms with van der Waals surface area (Å²) in [7, 11) is 0. The van der Waals surface area contributed by atoms with Gasteiger partial charge in [-0.15, -0.1) is 13.2 Å². The van der Waals surface area contributed by atoms with Gasteiger partial charge in [0.1, 0.15) is 23.4 Å². The number of nitrogens with one attached hydrogen (secondary N) is 1. The molecule has 0 bridgehead atoms. The lowest BCUT2D eigenvalue weighted by molar-refractivity contribution is -0.274. The highest BCUT2D eigenvalue weighted by Gasteiger charge is 2.46. The number of alkyl halides is 6. The van der Waals surface area contributed by atoms with E-state index in [0.29, 0.717) is 61.5 Å². The molecule has 0 saturated carbocycles. The number of carboxylic acid groups (broad SMARTS) is 1. The fourth-order valence-corrected chi connectivity index (χ4v) is 6.40. The van der Waals surface area contributed by atoms with E-state index in [-0.39, 0.29) is 28.4 Å². The number of hydrogen-bond acceptors (Lipinski definition) is 8. The number of carbonyl (C=O) groups is 1. The largest absolute Gasteiger partial charge is 0.573 e. The monoisotopic (exact) mass is 690 g/mol. The Balaban J connectivity index is 1.29. The third-order valence-electron chi connectivity index (χ3n) is 8.85. The first-order valence-corrected chi connectivity index (χ1v) is 15.4. The number of hydrogen-bond donors (Lipinski definition) is 2. The lowest BCUT2D eigenvalue weighted by Gasteiger charge is -2.39. The first kappa shape index (κ1) is 34.0. The van der Waals surface area contributed by atoms with Gasteiger partial charge in [0.2, 0.25) is 12.0 Å². The molecule has 2 saturated heterocycles. The third-order valence-corrected chi connectivity index (χ3v) is 8.85. The van der Waals surface area contributed by atoms with Crippen molar-refractivity contribution in [2.45, 2.75) is 57.8 Å². The molecule has 16 heteroatoms. The van der Waals surface area contributed by atoms with Crippen LogP contribution in [0.1, 0.15) is 42.4 Å². The lowest BCUT2D eigenvalue weighted by Crippen LogP contribution is -2.41. The average Bonchev–Trinajstić information content (AvgIpc) is 3.65. The number of aryl methyl sites for hydroxylation is 2. The molecule has 2 fully saturated rings. The number of nitrogens with zero attached hydrogens (tertiary/aromatic N) is 5. The lowest BCUT2D eigenvalue weighted by atomic mass is 9.76. The van der Waals surface area contributed by atoms with E-state index < -0.39 is 36.4 Å². The third kappa shape index (κ3) is 7.74. The van der Waals surface area contributed by atoms with Crippen LogP contribution in [-0.2, 0) is 4.79 Å². The first-order valence-electron chi connectivity index (χ1n) is 15.4. The van der Waals surface area contributed by atoms with Crippen molar-refractivity contribution >= 4 is 11.8 Å². The minimum absolute atomic E-state index is 0.0423. The number of ether oxygens (including phenoxy) is 2. The van der Waals surface area contributed by atoms with Crippen LogP contribution < -0.4 is 19.7 Å². The zero-order valence-corrected chi connectivity index (χ0v) is 26.3. The van der Waals surface area contributed by atoms with Gasteiger partial charge in [-0.3, -0.25) is 4.79 Å². The minimum atomic E-state index is -4.90. The SMILES string of the molecule is Cc1ccn(-c2cc(-c3ccc(OC(F)(F)F)cc3)ccc2[C@@H](Oc2cc(N3CCC4(CC3)CN[C@H](C(=O)O)C4)nc(C)n2)C(F)(F)F)n1. The highest BCUT2D eigenvalue weighted by molar-refractivity contribution is 5.74. The van der Waals surface area contributed by atoms with Gasteiger partial charge in [-0.2, -0.15) is 23.3 Å². The van der Waals surface area contributed by atoms with Crippen LogP contribution in [0.15, 0.2) is 60.8 Å². The molecule has 2 aromatic heterocycles. The second-order valence-electron chi connectivity index (χ2n) is 12.4. The number of piperidine rings is 1. The maximum absolute atomic E-state index is 14.8. The summed E-state index contributed by atoms with van der Waals surface area (Å²) in [5.74, 6) is -1.01. The molecule has 2 atom stereocenters. The van der Waals surface area contributed by atoms with E-state index in [1.165, 1.54) is 47.3 Å². The Morgan fingerprint density at radius 1 is 0.980 bits per heavy atom. The molecule has 4 aromatic rings. The highest BCUT2D eigenvalue weighted by Crippen LogP contribution is 2.43. The predicted molar refractivity (Wildman–Crippen MR) is 165 cm³/mol. The molecule has 2 aliphatic rings. The van der Waals surface area contributed by atoms with Gasteiger partial charge >= 0.3 is 18.5 Å². The summed E-state index contributed by atoms with van der Waals surface area (Å²) >= 11 is 0. The van der Waals surface area contributed by atoms with Crippen LogP contribution in [0.5, 0.6) is 11.6 Å². The van der Waals surface area contributed by atoms with Gasteiger partial charge in [0, 0.05) is 37.5 Å². The molecule has 10 nitrogen and oxygen atoms in total. The van der Waals surface area contributed by atoms with Crippen LogP contribution in [0.4, 0.5) is 32.2 Å². The normalized spacial score (nSPS) is 18.4. The number of aromatic nitrogens is 4. The molecule has 4 heterocycles. The second-order valence-corrected chi connectivity index (χ2v) is 12.4. The van der Waals surface area contributed by atoms with Crippen LogP contribution in [0, 0.1) is 19.3 Å². The molecule has 0 unspecified atom stereocenters. The Bertz CT molecular complexity index is 1820. The fraction of sp³-hybridized carbons (Fsp3) is 0.394. The Labute approximate surface area is 276 Å². The molecule has 2 N–H and O–H groups in total. The van der Waals surface area contributed by atoms with E-state index >= 15 is 0 Å². The van der Waals surface area contributed by atoms with Crippen LogP contribution in [0.2, 0.25) is 0 Å². The summed E-state index contributed by atoms with van der Waals surface area (Å²) in [6.07, 6.45) is -8.87. The zero-order valence-electron chi connectivity index (χ0n) is 26.3. The van der Waals surface area contributed by atoms with Gasteiger partial charge in [-0.25, -0.2) is 9.67 Å². The molecular weight excluding hydrogens is 658 g/mol. The van der Waals surface area contributed by atoms with E-state index in [9.17, 15) is 36.2 Å². The Morgan fingerprint density at radius 2 is 1.67 bits per heavy atom. The molecule has 260 valence electrons. The smallest absolute Gasteiger partial charge is 0.480 e. The van der Waals surface area contributed by atoms with Gasteiger partial charge < -0.3 is 24.8 Å². The first-order chi connectivity index (χ1) is 23.1. The molecule has 0 aliphatic carbocycles. The Morgan fingerprint density at radius 3 is 2.27 bits per heavy atom. The number of halogens is 6. The minimum Gasteiger partial charge on any atom is -0.480 e. The Kier molecular flexibility index (Phi) is 8.94. The van der Waals surface area contributed by atoms with Crippen LogP contribution in [-0.4, -0.2) is 69.0 Å². The van der Waals surface area contributed by atoms with Crippen molar-refractivity contribution < 1.29 is 45.7 Å². The van der Waals surface area contributed by atoms with Crippen LogP contribution >= 0.6 is 0 Å². The molecular formula is C33H32F6N6O4. The average molecular weight is 691 g/mol. The van der Waals surface area contributed by atoms with Crippen LogP contribution in [0.25, 0.3) is 16.8 Å². The second kappa shape index (κ2) is 12.9. The summed E-state index contributed by atoms with van der Waals surface area (Å²) in [5.41, 5.74) is 0.995. The number of benzene rings is 2. The van der Waals surface area contributed by atoms with Crippen molar-refractivity contribution in [1.29, 1.82) is 0 Å². The highest BCUT2D eigenvalue weighted by atomic mass is 19.4. The molecule has 6 rings (SSSR count). The van der Waals surface area contributed by atoms with Gasteiger partial charge in [0.05, 0.1) is 11.4 Å². The predicted octanol–water partition coefficient (Wildman–Crippen LogP) is 6.56. The molecule has 0 radical (unpaired) electrons. The van der Waals surface area contributed by atoms with Gasteiger partial charge in [0.15, 0.2) is 0 Å². The zero-order chi connectivity index (χ0) is 35.1. The number of anilines is 1. The van der Waals surface area contributed by atoms with E-state index in [2.05, 4.69) is 25.1 Å². The Hall–Kier alpha value is -4.86. The van der Waals surface area contributed by atoms with E-state index in [1.54, 1.807) is 19.9 Å². The van der Waals surface area contributed by atoms with E-state index in [4.69, 9.17) is 4.74 Å². The van der Waals surface area contributed by atoms with Crippen molar-refractivity contribution in [3.8, 4) is 28.4 Å². The molecule has 1 spiro atoms. The quantitative estimate of drug-likeness (QED) is 0.199. The maximum Gasteiger partial charge on any atom is 0.573 e. The summed E-state index contributed by atoms with van der Waals surface area (Å²) in [4.78, 5) is 22.0. The number of aliphatic carboxylic acids is 1. The van der Waals surface area contributed by atoms with Crippen LogP contribution in [0.3, 0.4) is 0 Å². The molecule has 2 aromatic carbocycles.